The normalized spacial score (nSPS) is 10.8. The smallest absolute Gasteiger partial charge is 0.232 e. The van der Waals surface area contributed by atoms with Crippen LogP contribution in [0.5, 0.6) is 0 Å². The fourth-order valence-corrected chi connectivity index (χ4v) is 5.41. The van der Waals surface area contributed by atoms with Gasteiger partial charge in [-0.15, -0.1) is 35.1 Å². The molecule has 2 aromatic rings. The van der Waals surface area contributed by atoms with Crippen LogP contribution in [0.15, 0.2) is 34.6 Å². The summed E-state index contributed by atoms with van der Waals surface area (Å²) in [5, 5.41) is 10.2. The van der Waals surface area contributed by atoms with Crippen molar-refractivity contribution < 1.29 is 14.7 Å². The number of hydrogen-bond donors (Lipinski definition) is 1. The lowest BCUT2D eigenvalue weighted by atomic mass is 10.3. The number of aliphatic hydroxyl groups excluding tert-OH is 1. The van der Waals surface area contributed by atoms with Gasteiger partial charge in [0.25, 0.3) is 0 Å². The van der Waals surface area contributed by atoms with Crippen molar-refractivity contribution in [3.8, 4) is 0 Å². The van der Waals surface area contributed by atoms with Crippen LogP contribution in [-0.4, -0.2) is 74.4 Å². The standard InChI is InChI=1S/C12H16Cl2N2OS.C12H17ClN2O2S/c1-8(2)16(3)12(17)7-18-11-6-15-5-10(14)9(11)4-13;1-8(2)15(3)12(17)7-18-11-5-14-4-10(13)9(11)6-16/h5-6,8H,4,7H2,1-3H3;4-5,8,16H,6-7H2,1-3H3. The Labute approximate surface area is 237 Å². The van der Waals surface area contributed by atoms with Crippen LogP contribution in [0.25, 0.3) is 0 Å². The van der Waals surface area contributed by atoms with Crippen molar-refractivity contribution >= 4 is 70.1 Å². The van der Waals surface area contributed by atoms with Crippen LogP contribution < -0.4 is 0 Å². The van der Waals surface area contributed by atoms with E-state index in [4.69, 9.17) is 34.8 Å². The molecular formula is C24H33Cl3N4O3S2. The van der Waals surface area contributed by atoms with Gasteiger partial charge in [-0.05, 0) is 27.7 Å². The Balaban J connectivity index is 0.000000360. The molecule has 2 rings (SSSR count). The van der Waals surface area contributed by atoms with E-state index in [1.54, 1.807) is 42.5 Å². The minimum Gasteiger partial charge on any atom is -0.392 e. The van der Waals surface area contributed by atoms with Gasteiger partial charge in [0.2, 0.25) is 11.8 Å². The Morgan fingerprint density at radius 1 is 0.833 bits per heavy atom. The molecule has 2 aromatic heterocycles. The minimum absolute atomic E-state index is 0.0406. The lowest BCUT2D eigenvalue weighted by Gasteiger charge is -2.21. The molecule has 2 heterocycles. The van der Waals surface area contributed by atoms with Crippen LogP contribution >= 0.6 is 58.3 Å². The number of nitrogens with zero attached hydrogens (tertiary/aromatic N) is 4. The first-order valence-electron chi connectivity index (χ1n) is 11.1. The molecule has 0 aliphatic carbocycles. The topological polar surface area (TPSA) is 86.6 Å². The van der Waals surface area contributed by atoms with Crippen molar-refractivity contribution in [2.24, 2.45) is 0 Å². The van der Waals surface area contributed by atoms with E-state index in [2.05, 4.69) is 9.97 Å². The van der Waals surface area contributed by atoms with E-state index in [0.29, 0.717) is 33.0 Å². The third-order valence-corrected chi connectivity index (χ3v) is 8.29. The average Bonchev–Trinajstić information content (AvgIpc) is 2.85. The molecule has 0 saturated carbocycles. The van der Waals surface area contributed by atoms with Gasteiger partial charge in [0.1, 0.15) is 0 Å². The molecule has 12 heteroatoms. The van der Waals surface area contributed by atoms with Gasteiger partial charge in [-0.2, -0.15) is 0 Å². The molecule has 0 aromatic carbocycles. The van der Waals surface area contributed by atoms with Gasteiger partial charge in [-0.3, -0.25) is 19.6 Å². The van der Waals surface area contributed by atoms with E-state index in [1.165, 1.54) is 29.7 Å². The number of thioether (sulfide) groups is 2. The Hall–Kier alpha value is -1.23. The van der Waals surface area contributed by atoms with Crippen LogP contribution in [0.3, 0.4) is 0 Å². The van der Waals surface area contributed by atoms with Gasteiger partial charge in [-0.1, -0.05) is 23.2 Å². The first-order valence-corrected chi connectivity index (χ1v) is 14.4. The Morgan fingerprint density at radius 2 is 1.22 bits per heavy atom. The fraction of sp³-hybridized carbons (Fsp3) is 0.500. The number of halogens is 3. The number of carbonyl (C=O) groups excluding carboxylic acids is 2. The summed E-state index contributed by atoms with van der Waals surface area (Å²) in [4.78, 5) is 36.7. The van der Waals surface area contributed by atoms with E-state index in [0.717, 1.165) is 15.4 Å². The maximum absolute atomic E-state index is 11.9. The third-order valence-electron chi connectivity index (χ3n) is 5.26. The highest BCUT2D eigenvalue weighted by atomic mass is 35.5. The Morgan fingerprint density at radius 3 is 1.58 bits per heavy atom. The zero-order valence-electron chi connectivity index (χ0n) is 21.3. The maximum atomic E-state index is 11.9. The molecule has 0 bridgehead atoms. The van der Waals surface area contributed by atoms with Crippen LogP contribution in [-0.2, 0) is 22.1 Å². The number of aliphatic hydroxyl groups is 1. The largest absolute Gasteiger partial charge is 0.392 e. The second-order valence-corrected chi connectivity index (χ2v) is 11.4. The van der Waals surface area contributed by atoms with Crippen molar-refractivity contribution in [1.29, 1.82) is 0 Å². The van der Waals surface area contributed by atoms with Gasteiger partial charge in [0, 0.05) is 71.9 Å². The molecule has 0 atom stereocenters. The second-order valence-electron chi connectivity index (χ2n) is 8.26. The summed E-state index contributed by atoms with van der Waals surface area (Å²) >= 11 is 20.5. The number of aromatic nitrogens is 2. The number of hydrogen-bond acceptors (Lipinski definition) is 7. The molecule has 0 aliphatic heterocycles. The molecular weight excluding hydrogens is 563 g/mol. The molecule has 0 aliphatic rings. The highest BCUT2D eigenvalue weighted by Crippen LogP contribution is 2.29. The number of rotatable bonds is 10. The molecule has 2 amide bonds. The van der Waals surface area contributed by atoms with Crippen molar-refractivity contribution in [3.05, 3.63) is 46.0 Å². The van der Waals surface area contributed by atoms with Crippen LogP contribution in [0.2, 0.25) is 10.0 Å². The lowest BCUT2D eigenvalue weighted by Crippen LogP contribution is -2.34. The van der Waals surface area contributed by atoms with Gasteiger partial charge in [0.05, 0.1) is 34.0 Å². The summed E-state index contributed by atoms with van der Waals surface area (Å²) in [6.07, 6.45) is 6.35. The van der Waals surface area contributed by atoms with Crippen molar-refractivity contribution in [2.75, 3.05) is 25.6 Å². The summed E-state index contributed by atoms with van der Waals surface area (Å²) in [7, 11) is 3.57. The van der Waals surface area contributed by atoms with Gasteiger partial charge < -0.3 is 14.9 Å². The quantitative estimate of drug-likeness (QED) is 0.282. The fourth-order valence-electron chi connectivity index (χ4n) is 2.48. The average molecular weight is 596 g/mol. The third kappa shape index (κ3) is 10.3. The Kier molecular flexibility index (Phi) is 15.1. The zero-order chi connectivity index (χ0) is 27.4. The molecule has 0 fully saturated rings. The number of amides is 2. The summed E-state index contributed by atoms with van der Waals surface area (Å²) in [6.45, 7) is 7.73. The molecule has 0 radical (unpaired) electrons. The predicted molar refractivity (Wildman–Crippen MR) is 151 cm³/mol. The first-order chi connectivity index (χ1) is 16.9. The lowest BCUT2D eigenvalue weighted by molar-refractivity contribution is -0.129. The predicted octanol–water partition coefficient (Wildman–Crippen LogP) is 5.62. The number of carbonyl (C=O) groups is 2. The van der Waals surface area contributed by atoms with Gasteiger partial charge in [0.15, 0.2) is 0 Å². The molecule has 7 nitrogen and oxygen atoms in total. The SMILES string of the molecule is CC(C)N(C)C(=O)CSc1cncc(Cl)c1CCl.CC(C)N(C)C(=O)CSc1cncc(Cl)c1CO. The van der Waals surface area contributed by atoms with Crippen LogP contribution in [0.4, 0.5) is 0 Å². The first kappa shape index (κ1) is 32.8. The summed E-state index contributed by atoms with van der Waals surface area (Å²) in [5.41, 5.74) is 1.45. The molecule has 1 N–H and O–H groups in total. The van der Waals surface area contributed by atoms with Gasteiger partial charge in [-0.25, -0.2) is 0 Å². The van der Waals surface area contributed by atoms with Crippen molar-refractivity contribution in [3.63, 3.8) is 0 Å². The highest BCUT2D eigenvalue weighted by Gasteiger charge is 2.15. The number of alkyl halides is 1. The van der Waals surface area contributed by atoms with E-state index >= 15 is 0 Å². The van der Waals surface area contributed by atoms with E-state index in [-0.39, 0.29) is 30.5 Å². The summed E-state index contributed by atoms with van der Waals surface area (Å²) in [5.74, 6) is 1.11. The molecule has 36 heavy (non-hydrogen) atoms. The number of pyridine rings is 2. The van der Waals surface area contributed by atoms with Crippen molar-refractivity contribution in [1.82, 2.24) is 19.8 Å². The summed E-state index contributed by atoms with van der Waals surface area (Å²) < 4.78 is 0. The molecule has 0 spiro atoms. The second kappa shape index (κ2) is 16.6. The zero-order valence-corrected chi connectivity index (χ0v) is 25.2. The Bertz CT molecular complexity index is 933. The highest BCUT2D eigenvalue weighted by molar-refractivity contribution is 8.00. The van der Waals surface area contributed by atoms with Crippen molar-refractivity contribution in [2.45, 2.75) is 62.1 Å². The van der Waals surface area contributed by atoms with Gasteiger partial charge >= 0.3 is 0 Å². The molecule has 0 unspecified atom stereocenters. The minimum atomic E-state index is -0.155. The van der Waals surface area contributed by atoms with E-state index in [9.17, 15) is 14.7 Å². The monoisotopic (exact) mass is 594 g/mol. The summed E-state index contributed by atoms with van der Waals surface area (Å²) in [6, 6.07) is 0.371. The van der Waals surface area contributed by atoms with E-state index in [1.807, 2.05) is 27.7 Å². The molecule has 200 valence electrons. The van der Waals surface area contributed by atoms with Crippen LogP contribution in [0, 0.1) is 0 Å². The van der Waals surface area contributed by atoms with Crippen LogP contribution in [0.1, 0.15) is 38.8 Å². The maximum Gasteiger partial charge on any atom is 0.232 e. The van der Waals surface area contributed by atoms with E-state index < -0.39 is 0 Å². The molecule has 0 saturated heterocycles.